The van der Waals surface area contributed by atoms with Gasteiger partial charge in [-0.05, 0) is 31.2 Å². The van der Waals surface area contributed by atoms with E-state index in [9.17, 15) is 4.79 Å². The van der Waals surface area contributed by atoms with Gasteiger partial charge < -0.3 is 19.4 Å². The van der Waals surface area contributed by atoms with Crippen LogP contribution in [-0.2, 0) is 17.8 Å². The third kappa shape index (κ3) is 3.46. The number of hydrogen-bond donors (Lipinski definition) is 1. The van der Waals surface area contributed by atoms with Crippen LogP contribution >= 0.6 is 0 Å². The maximum atomic E-state index is 11.9. The molecule has 0 atom stereocenters. The maximum Gasteiger partial charge on any atom is 0.338 e. The van der Waals surface area contributed by atoms with E-state index in [0.29, 0.717) is 37.6 Å². The molecule has 1 N–H and O–H groups in total. The highest BCUT2D eigenvalue weighted by molar-refractivity contribution is 5.90. The Balaban J connectivity index is 1.54. The zero-order valence-electron chi connectivity index (χ0n) is 14.9. The first-order valence-electron chi connectivity index (χ1n) is 8.76. The van der Waals surface area contributed by atoms with E-state index in [4.69, 9.17) is 9.47 Å². The predicted octanol–water partition coefficient (Wildman–Crippen LogP) is 2.52. The number of nitrogens with one attached hydrogen (secondary N) is 1. The van der Waals surface area contributed by atoms with Crippen molar-refractivity contribution in [2.24, 2.45) is 0 Å². The molecule has 0 aliphatic carbocycles. The van der Waals surface area contributed by atoms with Crippen LogP contribution in [-0.4, -0.2) is 38.9 Å². The van der Waals surface area contributed by atoms with E-state index in [-0.39, 0.29) is 5.97 Å². The molecule has 0 bridgehead atoms. The molecule has 0 fully saturated rings. The molecule has 27 heavy (non-hydrogen) atoms. The molecule has 0 saturated heterocycles. The summed E-state index contributed by atoms with van der Waals surface area (Å²) in [6.07, 6.45) is 3.41. The molecule has 3 heterocycles. The summed E-state index contributed by atoms with van der Waals surface area (Å²) in [7, 11) is 0. The summed E-state index contributed by atoms with van der Waals surface area (Å²) >= 11 is 0. The van der Waals surface area contributed by atoms with Crippen molar-refractivity contribution in [3.63, 3.8) is 0 Å². The van der Waals surface area contributed by atoms with Crippen molar-refractivity contribution in [3.05, 3.63) is 54.1 Å². The van der Waals surface area contributed by atoms with Gasteiger partial charge in [-0.15, -0.1) is 10.2 Å². The summed E-state index contributed by atoms with van der Waals surface area (Å²) in [4.78, 5) is 16.0. The average molecular weight is 365 g/mol. The van der Waals surface area contributed by atoms with Crippen LogP contribution in [0.1, 0.15) is 23.1 Å². The molecule has 1 aliphatic rings. The van der Waals surface area contributed by atoms with Crippen LogP contribution < -0.4 is 10.1 Å². The van der Waals surface area contributed by atoms with Crippen LogP contribution in [0.2, 0.25) is 0 Å². The lowest BCUT2D eigenvalue weighted by molar-refractivity contribution is 0.0526. The van der Waals surface area contributed by atoms with Crippen molar-refractivity contribution in [3.8, 4) is 17.1 Å². The highest BCUT2D eigenvalue weighted by atomic mass is 16.5. The van der Waals surface area contributed by atoms with Gasteiger partial charge in [0.05, 0.1) is 37.0 Å². The minimum atomic E-state index is -0.333. The maximum absolute atomic E-state index is 11.9. The highest BCUT2D eigenvalue weighted by Gasteiger charge is 2.20. The summed E-state index contributed by atoms with van der Waals surface area (Å²) < 4.78 is 12.8. The van der Waals surface area contributed by atoms with Gasteiger partial charge in [-0.3, -0.25) is 4.98 Å². The number of fused-ring (bicyclic) bond motifs is 3. The van der Waals surface area contributed by atoms with Crippen LogP contribution in [0.5, 0.6) is 5.75 Å². The van der Waals surface area contributed by atoms with Crippen molar-refractivity contribution < 1.29 is 14.3 Å². The number of rotatable bonds is 5. The zero-order valence-corrected chi connectivity index (χ0v) is 14.9. The summed E-state index contributed by atoms with van der Waals surface area (Å²) in [5, 5.41) is 11.9. The summed E-state index contributed by atoms with van der Waals surface area (Å²) in [6.45, 7) is 3.78. The molecule has 0 saturated carbocycles. The first-order chi connectivity index (χ1) is 13.3. The Hall–Kier alpha value is -3.42. The Kier molecular flexibility index (Phi) is 4.69. The highest BCUT2D eigenvalue weighted by Crippen LogP contribution is 2.30. The summed E-state index contributed by atoms with van der Waals surface area (Å²) in [6, 6.07) is 9.08. The SMILES string of the molecule is CCOC(=O)c1cccc(NCc2nnc3n2CCOc2cnccc2-3)c1. The van der Waals surface area contributed by atoms with Crippen molar-refractivity contribution in [1.29, 1.82) is 0 Å². The van der Waals surface area contributed by atoms with E-state index in [1.54, 1.807) is 31.5 Å². The molecule has 138 valence electrons. The van der Waals surface area contributed by atoms with Crippen LogP contribution in [0.3, 0.4) is 0 Å². The van der Waals surface area contributed by atoms with Crippen LogP contribution in [0, 0.1) is 0 Å². The average Bonchev–Trinajstić information content (AvgIpc) is 3.00. The number of carbonyl (C=O) groups is 1. The quantitative estimate of drug-likeness (QED) is 0.695. The Morgan fingerprint density at radius 3 is 3.15 bits per heavy atom. The fourth-order valence-corrected chi connectivity index (χ4v) is 2.98. The van der Waals surface area contributed by atoms with Gasteiger partial charge in [0.2, 0.25) is 0 Å². The van der Waals surface area contributed by atoms with Crippen LogP contribution in [0.25, 0.3) is 11.4 Å². The Bertz CT molecular complexity index is 969. The first-order valence-corrected chi connectivity index (χ1v) is 8.76. The van der Waals surface area contributed by atoms with Crippen molar-refractivity contribution in [1.82, 2.24) is 19.7 Å². The molecular weight excluding hydrogens is 346 g/mol. The number of benzene rings is 1. The topological polar surface area (TPSA) is 91.2 Å². The molecule has 1 aliphatic heterocycles. The monoisotopic (exact) mass is 365 g/mol. The lowest BCUT2D eigenvalue weighted by Gasteiger charge is -2.10. The summed E-state index contributed by atoms with van der Waals surface area (Å²) in [5.74, 6) is 1.94. The lowest BCUT2D eigenvalue weighted by atomic mass is 10.2. The molecule has 0 unspecified atom stereocenters. The van der Waals surface area contributed by atoms with Crippen LogP contribution in [0.15, 0.2) is 42.7 Å². The van der Waals surface area contributed by atoms with E-state index < -0.39 is 0 Å². The Morgan fingerprint density at radius 2 is 2.26 bits per heavy atom. The number of carbonyl (C=O) groups excluding carboxylic acids is 1. The van der Waals surface area contributed by atoms with Crippen molar-refractivity contribution >= 4 is 11.7 Å². The zero-order chi connectivity index (χ0) is 18.6. The minimum Gasteiger partial charge on any atom is -0.489 e. The predicted molar refractivity (Wildman–Crippen MR) is 98.5 cm³/mol. The van der Waals surface area contributed by atoms with Gasteiger partial charge in [0.1, 0.15) is 12.4 Å². The van der Waals surface area contributed by atoms with E-state index in [1.807, 2.05) is 22.8 Å². The fourth-order valence-electron chi connectivity index (χ4n) is 2.98. The number of aromatic nitrogens is 4. The number of nitrogens with zero attached hydrogens (tertiary/aromatic N) is 4. The van der Waals surface area contributed by atoms with Gasteiger partial charge in [0, 0.05) is 11.9 Å². The van der Waals surface area contributed by atoms with E-state index in [1.165, 1.54) is 0 Å². The second kappa shape index (κ2) is 7.45. The Labute approximate surface area is 156 Å². The number of anilines is 1. The lowest BCUT2D eigenvalue weighted by Crippen LogP contribution is -2.13. The van der Waals surface area contributed by atoms with Gasteiger partial charge >= 0.3 is 5.97 Å². The molecule has 8 nitrogen and oxygen atoms in total. The van der Waals surface area contributed by atoms with Crippen molar-refractivity contribution in [2.75, 3.05) is 18.5 Å². The van der Waals surface area contributed by atoms with Crippen LogP contribution in [0.4, 0.5) is 5.69 Å². The molecule has 8 heteroatoms. The van der Waals surface area contributed by atoms with Gasteiger partial charge in [0.25, 0.3) is 0 Å². The smallest absolute Gasteiger partial charge is 0.338 e. The molecule has 0 amide bonds. The molecule has 0 radical (unpaired) electrons. The Morgan fingerprint density at radius 1 is 1.33 bits per heavy atom. The van der Waals surface area contributed by atoms with E-state index >= 15 is 0 Å². The van der Waals surface area contributed by atoms with E-state index in [0.717, 1.165) is 22.9 Å². The summed E-state index contributed by atoms with van der Waals surface area (Å²) in [5.41, 5.74) is 2.20. The number of pyridine rings is 1. The molecule has 3 aromatic rings. The van der Waals surface area contributed by atoms with Gasteiger partial charge in [-0.1, -0.05) is 6.07 Å². The van der Waals surface area contributed by atoms with Crippen molar-refractivity contribution in [2.45, 2.75) is 20.0 Å². The standard InChI is InChI=1S/C19H19N5O3/c1-2-26-19(25)13-4-3-5-14(10-13)21-12-17-22-23-18-15-6-7-20-11-16(15)27-9-8-24(17)18/h3-7,10-11,21H,2,8-9,12H2,1H3. The van der Waals surface area contributed by atoms with Gasteiger partial charge in [0.15, 0.2) is 11.6 Å². The molecule has 0 spiro atoms. The second-order valence-electron chi connectivity index (χ2n) is 5.97. The third-order valence-electron chi connectivity index (χ3n) is 4.25. The molecule has 1 aromatic carbocycles. The largest absolute Gasteiger partial charge is 0.489 e. The van der Waals surface area contributed by atoms with Gasteiger partial charge in [-0.25, -0.2) is 4.79 Å². The molecule has 2 aromatic heterocycles. The minimum absolute atomic E-state index is 0.333. The number of hydrogen-bond acceptors (Lipinski definition) is 7. The third-order valence-corrected chi connectivity index (χ3v) is 4.25. The number of esters is 1. The normalized spacial score (nSPS) is 12.3. The van der Waals surface area contributed by atoms with E-state index in [2.05, 4.69) is 20.5 Å². The number of ether oxygens (including phenoxy) is 2. The van der Waals surface area contributed by atoms with Gasteiger partial charge in [-0.2, -0.15) is 0 Å². The fraction of sp³-hybridized carbons (Fsp3) is 0.263. The second-order valence-corrected chi connectivity index (χ2v) is 5.97. The first kappa shape index (κ1) is 17.0. The molecule has 4 rings (SSSR count). The molecular formula is C19H19N5O3.